The predicted molar refractivity (Wildman–Crippen MR) is 74.5 cm³/mol. The summed E-state index contributed by atoms with van der Waals surface area (Å²) in [6.45, 7) is 7.74. The largest absolute Gasteiger partial charge is 0.464 e. The van der Waals surface area contributed by atoms with Gasteiger partial charge in [-0.1, -0.05) is 15.9 Å². The Hall–Kier alpha value is -0.230. The van der Waals surface area contributed by atoms with Crippen molar-refractivity contribution in [3.05, 3.63) is 0 Å². The van der Waals surface area contributed by atoms with E-state index in [0.29, 0.717) is 12.4 Å². The zero-order chi connectivity index (χ0) is 13.4. The van der Waals surface area contributed by atoms with Gasteiger partial charge in [0.15, 0.2) is 0 Å². The van der Waals surface area contributed by atoms with E-state index in [0.717, 1.165) is 0 Å². The predicted octanol–water partition coefficient (Wildman–Crippen LogP) is 1.96. The maximum Gasteiger partial charge on any atom is 0.319 e. The average molecular weight is 326 g/mol. The molecule has 0 saturated heterocycles. The minimum Gasteiger partial charge on any atom is -0.464 e. The van der Waals surface area contributed by atoms with Crippen LogP contribution in [0.4, 0.5) is 0 Å². The number of carbonyl (C=O) groups excluding carboxylic acids is 2. The number of esters is 1. The van der Waals surface area contributed by atoms with Crippen LogP contribution in [-0.4, -0.2) is 40.4 Å². The smallest absolute Gasteiger partial charge is 0.319 e. The number of carbonyl (C=O) groups is 2. The van der Waals surface area contributed by atoms with E-state index in [2.05, 4.69) is 21.2 Å². The van der Waals surface area contributed by atoms with Crippen molar-refractivity contribution in [3.8, 4) is 0 Å². The highest BCUT2D eigenvalue weighted by atomic mass is 79.9. The lowest BCUT2D eigenvalue weighted by Gasteiger charge is -2.14. The van der Waals surface area contributed by atoms with Crippen molar-refractivity contribution in [2.75, 3.05) is 12.4 Å². The molecule has 0 rings (SSSR count). The van der Waals surface area contributed by atoms with Gasteiger partial charge in [0.1, 0.15) is 11.4 Å². The summed E-state index contributed by atoms with van der Waals surface area (Å²) in [6, 6.07) is 0.151. The van der Waals surface area contributed by atoms with Crippen molar-refractivity contribution in [2.24, 2.45) is 0 Å². The van der Waals surface area contributed by atoms with E-state index in [1.54, 1.807) is 6.92 Å². The second-order valence-corrected chi connectivity index (χ2v) is 6.78. The fourth-order valence-electron chi connectivity index (χ4n) is 0.960. The molecule has 4 nitrogen and oxygen atoms in total. The number of rotatable bonds is 7. The van der Waals surface area contributed by atoms with E-state index in [1.165, 1.54) is 11.8 Å². The molecule has 6 heteroatoms. The summed E-state index contributed by atoms with van der Waals surface area (Å²) in [5.74, 6) is 0.369. The molecule has 0 spiro atoms. The molecule has 0 saturated carbocycles. The molecule has 0 aliphatic carbocycles. The second-order valence-electron chi connectivity index (χ2n) is 3.96. The molecule has 0 fully saturated rings. The Morgan fingerprint density at radius 2 is 1.88 bits per heavy atom. The normalized spacial score (nSPS) is 14.2. The topological polar surface area (TPSA) is 55.4 Å². The third-order valence-electron chi connectivity index (χ3n) is 1.82. The molecular formula is C11H20BrNO3S. The van der Waals surface area contributed by atoms with Crippen LogP contribution in [-0.2, 0) is 14.3 Å². The van der Waals surface area contributed by atoms with Crippen molar-refractivity contribution < 1.29 is 14.3 Å². The molecule has 2 atom stereocenters. The van der Waals surface area contributed by atoms with Crippen LogP contribution >= 0.6 is 27.7 Å². The quantitative estimate of drug-likeness (QED) is 0.441. The monoisotopic (exact) mass is 325 g/mol. The molecule has 0 radical (unpaired) electrons. The molecular weight excluding hydrogens is 306 g/mol. The van der Waals surface area contributed by atoms with Crippen LogP contribution < -0.4 is 5.32 Å². The highest BCUT2D eigenvalue weighted by Gasteiger charge is 2.14. The summed E-state index contributed by atoms with van der Waals surface area (Å²) in [6.07, 6.45) is 0. The first-order chi connectivity index (χ1) is 7.84. The summed E-state index contributed by atoms with van der Waals surface area (Å²) < 4.78 is 4.98. The Balaban J connectivity index is 3.68. The highest BCUT2D eigenvalue weighted by Crippen LogP contribution is 2.11. The third-order valence-corrected chi connectivity index (χ3v) is 3.31. The number of ether oxygens (including phenoxy) is 1. The van der Waals surface area contributed by atoms with E-state index in [9.17, 15) is 9.59 Å². The molecule has 0 aliphatic rings. The zero-order valence-electron chi connectivity index (χ0n) is 10.7. The Bertz CT molecular complexity index is 259. The van der Waals surface area contributed by atoms with E-state index < -0.39 is 0 Å². The minimum absolute atomic E-state index is 0.0187. The molecule has 0 aromatic carbocycles. The van der Waals surface area contributed by atoms with Gasteiger partial charge in [0.05, 0.1) is 5.25 Å². The number of amides is 1. The van der Waals surface area contributed by atoms with E-state index >= 15 is 0 Å². The Morgan fingerprint density at radius 3 is 2.35 bits per heavy atom. The molecule has 0 bridgehead atoms. The average Bonchev–Trinajstić information content (AvgIpc) is 2.22. The SMILES string of the molecule is CC(C)NC(=O)C(C)SCCOC(=O)C(C)Br. The maximum atomic E-state index is 11.5. The van der Waals surface area contributed by atoms with Crippen molar-refractivity contribution >= 4 is 39.6 Å². The van der Waals surface area contributed by atoms with Crippen molar-refractivity contribution in [2.45, 2.75) is 43.8 Å². The molecule has 100 valence electrons. The van der Waals surface area contributed by atoms with E-state index in [4.69, 9.17) is 4.74 Å². The van der Waals surface area contributed by atoms with Gasteiger partial charge in [-0.25, -0.2) is 0 Å². The number of halogens is 1. The standard InChI is InChI=1S/C11H20BrNO3S/c1-7(2)13-10(14)9(4)17-6-5-16-11(15)8(3)12/h7-9H,5-6H2,1-4H3,(H,13,14). The van der Waals surface area contributed by atoms with Gasteiger partial charge in [0.2, 0.25) is 5.91 Å². The first-order valence-corrected chi connectivity index (χ1v) is 7.53. The van der Waals surface area contributed by atoms with E-state index in [-0.39, 0.29) is 28.0 Å². The summed E-state index contributed by atoms with van der Waals surface area (Å²) in [7, 11) is 0. The van der Waals surface area contributed by atoms with Crippen LogP contribution in [0.3, 0.4) is 0 Å². The summed E-state index contributed by atoms with van der Waals surface area (Å²) >= 11 is 4.60. The number of nitrogens with one attached hydrogen (secondary N) is 1. The third kappa shape index (κ3) is 8.49. The van der Waals surface area contributed by atoms with Gasteiger partial charge < -0.3 is 10.1 Å². The molecule has 17 heavy (non-hydrogen) atoms. The minimum atomic E-state index is -0.283. The van der Waals surface area contributed by atoms with Gasteiger partial charge in [0.25, 0.3) is 0 Å². The van der Waals surface area contributed by atoms with Gasteiger partial charge in [-0.05, 0) is 27.7 Å². The number of alkyl halides is 1. The van der Waals surface area contributed by atoms with Crippen LogP contribution in [0.2, 0.25) is 0 Å². The molecule has 0 aromatic heterocycles. The number of thioether (sulfide) groups is 1. The molecule has 0 aliphatic heterocycles. The van der Waals surface area contributed by atoms with Crippen molar-refractivity contribution in [3.63, 3.8) is 0 Å². The van der Waals surface area contributed by atoms with Crippen molar-refractivity contribution in [1.82, 2.24) is 5.32 Å². The molecule has 1 N–H and O–H groups in total. The Morgan fingerprint density at radius 1 is 1.29 bits per heavy atom. The Labute approximate surface area is 115 Å². The first kappa shape index (κ1) is 16.8. The maximum absolute atomic E-state index is 11.5. The summed E-state index contributed by atoms with van der Waals surface area (Å²) in [4.78, 5) is 22.4. The Kier molecular flexibility index (Phi) is 8.68. The molecule has 0 heterocycles. The van der Waals surface area contributed by atoms with Crippen LogP contribution in [0.15, 0.2) is 0 Å². The van der Waals surface area contributed by atoms with Gasteiger partial charge in [0, 0.05) is 11.8 Å². The van der Waals surface area contributed by atoms with E-state index in [1.807, 2.05) is 20.8 Å². The van der Waals surface area contributed by atoms with Gasteiger partial charge in [-0.3, -0.25) is 9.59 Å². The first-order valence-electron chi connectivity index (χ1n) is 5.57. The van der Waals surface area contributed by atoms with Gasteiger partial charge in [-0.2, -0.15) is 0 Å². The highest BCUT2D eigenvalue weighted by molar-refractivity contribution is 9.10. The van der Waals surface area contributed by atoms with Crippen LogP contribution in [0, 0.1) is 0 Å². The second kappa shape index (κ2) is 8.80. The molecule has 2 unspecified atom stereocenters. The zero-order valence-corrected chi connectivity index (χ0v) is 13.1. The molecule has 1 amide bonds. The number of hydrogen-bond acceptors (Lipinski definition) is 4. The summed E-state index contributed by atoms with van der Waals surface area (Å²) in [5.41, 5.74) is 0. The number of hydrogen-bond donors (Lipinski definition) is 1. The van der Waals surface area contributed by atoms with Crippen LogP contribution in [0.5, 0.6) is 0 Å². The van der Waals surface area contributed by atoms with Gasteiger partial charge in [-0.15, -0.1) is 11.8 Å². The molecule has 0 aromatic rings. The van der Waals surface area contributed by atoms with Crippen molar-refractivity contribution in [1.29, 1.82) is 0 Å². The fraction of sp³-hybridized carbons (Fsp3) is 0.818. The lowest BCUT2D eigenvalue weighted by molar-refractivity contribution is -0.141. The lowest BCUT2D eigenvalue weighted by atomic mass is 10.3. The van der Waals surface area contributed by atoms with Crippen LogP contribution in [0.25, 0.3) is 0 Å². The fourth-order valence-corrected chi connectivity index (χ4v) is 1.84. The van der Waals surface area contributed by atoms with Gasteiger partial charge >= 0.3 is 5.97 Å². The lowest BCUT2D eigenvalue weighted by Crippen LogP contribution is -2.36. The summed E-state index contributed by atoms with van der Waals surface area (Å²) in [5, 5.41) is 2.71. The van der Waals surface area contributed by atoms with Crippen LogP contribution in [0.1, 0.15) is 27.7 Å².